The average Bonchev–Trinajstić information content (AvgIpc) is 3.36. The fraction of sp³-hybridized carbons (Fsp3) is 0.211. The third-order valence-corrected chi connectivity index (χ3v) is 5.75. The molecule has 28 heavy (non-hydrogen) atoms. The monoisotopic (exact) mass is 412 g/mol. The molecule has 9 heteroatoms. The van der Waals surface area contributed by atoms with E-state index in [1.165, 1.54) is 29.4 Å². The highest BCUT2D eigenvalue weighted by atomic mass is 32.2. The molecule has 4 rings (SSSR count). The second-order valence-electron chi connectivity index (χ2n) is 6.05. The second-order valence-corrected chi connectivity index (χ2v) is 7.91. The van der Waals surface area contributed by atoms with Crippen molar-refractivity contribution >= 4 is 39.3 Å². The van der Waals surface area contributed by atoms with E-state index in [1.54, 1.807) is 6.92 Å². The van der Waals surface area contributed by atoms with E-state index in [2.05, 4.69) is 20.2 Å². The Morgan fingerprint density at radius 1 is 1.21 bits per heavy atom. The highest BCUT2D eigenvalue weighted by Gasteiger charge is 2.19. The van der Waals surface area contributed by atoms with Crippen LogP contribution in [0.3, 0.4) is 0 Å². The summed E-state index contributed by atoms with van der Waals surface area (Å²) in [5.41, 5.74) is 1.97. The van der Waals surface area contributed by atoms with Crippen molar-refractivity contribution in [1.82, 2.24) is 20.2 Å². The number of carbonyl (C=O) groups is 1. The molecule has 0 fully saturated rings. The van der Waals surface area contributed by atoms with Gasteiger partial charge >= 0.3 is 5.97 Å². The Labute approximate surface area is 169 Å². The van der Waals surface area contributed by atoms with Crippen LogP contribution in [-0.4, -0.2) is 31.9 Å². The number of hydrogen-bond acceptors (Lipinski definition) is 9. The predicted octanol–water partition coefficient (Wildman–Crippen LogP) is 4.45. The van der Waals surface area contributed by atoms with Crippen molar-refractivity contribution in [2.45, 2.75) is 25.0 Å². The summed E-state index contributed by atoms with van der Waals surface area (Å²) in [5, 5.41) is 11.7. The number of thioether (sulfide) groups is 1. The minimum absolute atomic E-state index is 0.130. The standard InChI is InChI=1S/C19H16N4O3S2/c1-11-3-5-13(6-4-11)17-23-22-16(26-17)12(2)25-15(24)9-28-19-14-7-8-27-18(14)20-10-21-19/h3-8,10,12H,9H2,1-2H3/t12-/m0/s1. The minimum atomic E-state index is -0.633. The summed E-state index contributed by atoms with van der Waals surface area (Å²) in [6, 6.07) is 9.70. The lowest BCUT2D eigenvalue weighted by Gasteiger charge is -2.09. The van der Waals surface area contributed by atoms with Crippen LogP contribution in [0.4, 0.5) is 0 Å². The summed E-state index contributed by atoms with van der Waals surface area (Å²) in [6.07, 6.45) is 0.867. The molecule has 0 bridgehead atoms. The van der Waals surface area contributed by atoms with Gasteiger partial charge in [-0.05, 0) is 37.4 Å². The molecule has 0 radical (unpaired) electrons. The summed E-state index contributed by atoms with van der Waals surface area (Å²) >= 11 is 2.85. The van der Waals surface area contributed by atoms with Crippen LogP contribution in [0.1, 0.15) is 24.5 Å². The largest absolute Gasteiger partial charge is 0.452 e. The molecule has 7 nitrogen and oxygen atoms in total. The molecule has 142 valence electrons. The Kier molecular flexibility index (Phi) is 5.36. The molecular weight excluding hydrogens is 396 g/mol. The van der Waals surface area contributed by atoms with Gasteiger partial charge < -0.3 is 9.15 Å². The fourth-order valence-electron chi connectivity index (χ4n) is 2.50. The van der Waals surface area contributed by atoms with Crippen molar-refractivity contribution < 1.29 is 13.9 Å². The number of ether oxygens (including phenoxy) is 1. The number of esters is 1. The number of hydrogen-bond donors (Lipinski definition) is 0. The fourth-order valence-corrected chi connectivity index (χ4v) is 4.06. The summed E-state index contributed by atoms with van der Waals surface area (Å²) in [4.78, 5) is 21.6. The zero-order valence-electron chi connectivity index (χ0n) is 15.2. The molecule has 0 saturated carbocycles. The zero-order chi connectivity index (χ0) is 19.5. The van der Waals surface area contributed by atoms with Crippen LogP contribution < -0.4 is 0 Å². The number of aryl methyl sites for hydroxylation is 1. The van der Waals surface area contributed by atoms with Gasteiger partial charge in [-0.2, -0.15) is 0 Å². The summed E-state index contributed by atoms with van der Waals surface area (Å²) in [7, 11) is 0. The molecule has 0 unspecified atom stereocenters. The third-order valence-electron chi connectivity index (χ3n) is 3.95. The van der Waals surface area contributed by atoms with Gasteiger partial charge in [0, 0.05) is 10.9 Å². The third kappa shape index (κ3) is 4.05. The smallest absolute Gasteiger partial charge is 0.317 e. The number of benzene rings is 1. The Hall–Kier alpha value is -2.78. The van der Waals surface area contributed by atoms with E-state index >= 15 is 0 Å². The van der Waals surface area contributed by atoms with Crippen LogP contribution in [0.25, 0.3) is 21.7 Å². The maximum absolute atomic E-state index is 12.2. The molecule has 0 aliphatic rings. The molecule has 0 aliphatic carbocycles. The topological polar surface area (TPSA) is 91.0 Å². The van der Waals surface area contributed by atoms with Crippen LogP contribution in [0.2, 0.25) is 0 Å². The van der Waals surface area contributed by atoms with Gasteiger partial charge in [0.05, 0.1) is 5.75 Å². The molecule has 0 saturated heterocycles. The maximum atomic E-state index is 12.2. The number of carbonyl (C=O) groups excluding carboxylic acids is 1. The average molecular weight is 412 g/mol. The Bertz CT molecular complexity index is 1110. The molecule has 0 aliphatic heterocycles. The van der Waals surface area contributed by atoms with Crippen LogP contribution in [0.5, 0.6) is 0 Å². The van der Waals surface area contributed by atoms with Crippen molar-refractivity contribution in [2.75, 3.05) is 5.75 Å². The normalized spacial score (nSPS) is 12.2. The van der Waals surface area contributed by atoms with E-state index in [1.807, 2.05) is 42.6 Å². The van der Waals surface area contributed by atoms with Crippen LogP contribution in [0.15, 0.2) is 51.5 Å². The molecule has 0 amide bonds. The molecule has 4 aromatic rings. The SMILES string of the molecule is Cc1ccc(-c2nnc([C@H](C)OC(=O)CSc3ncnc4sccc34)o2)cc1. The predicted molar refractivity (Wildman–Crippen MR) is 107 cm³/mol. The maximum Gasteiger partial charge on any atom is 0.317 e. The van der Waals surface area contributed by atoms with Gasteiger partial charge in [0.2, 0.25) is 5.89 Å². The van der Waals surface area contributed by atoms with E-state index in [9.17, 15) is 4.79 Å². The first-order valence-electron chi connectivity index (χ1n) is 8.51. The first-order chi connectivity index (χ1) is 13.6. The van der Waals surface area contributed by atoms with Crippen molar-refractivity contribution in [1.29, 1.82) is 0 Å². The number of rotatable bonds is 6. The van der Waals surface area contributed by atoms with Crippen molar-refractivity contribution in [3.05, 3.63) is 53.5 Å². The van der Waals surface area contributed by atoms with E-state index in [4.69, 9.17) is 9.15 Å². The first kappa shape index (κ1) is 18.6. The lowest BCUT2D eigenvalue weighted by molar-refractivity contribution is -0.146. The van der Waals surface area contributed by atoms with E-state index in [0.29, 0.717) is 5.89 Å². The summed E-state index contributed by atoms with van der Waals surface area (Å²) < 4.78 is 11.1. The number of fused-ring (bicyclic) bond motifs is 1. The van der Waals surface area contributed by atoms with Crippen molar-refractivity contribution in [3.8, 4) is 11.5 Å². The lowest BCUT2D eigenvalue weighted by atomic mass is 10.1. The van der Waals surface area contributed by atoms with E-state index in [0.717, 1.165) is 26.4 Å². The summed E-state index contributed by atoms with van der Waals surface area (Å²) in [5.74, 6) is 0.407. The molecule has 3 aromatic heterocycles. The van der Waals surface area contributed by atoms with Crippen molar-refractivity contribution in [2.24, 2.45) is 0 Å². The van der Waals surface area contributed by atoms with Gasteiger partial charge in [0.15, 0.2) is 6.10 Å². The molecule has 0 N–H and O–H groups in total. The highest BCUT2D eigenvalue weighted by Crippen LogP contribution is 2.28. The molecule has 3 heterocycles. The lowest BCUT2D eigenvalue weighted by Crippen LogP contribution is -2.11. The first-order valence-corrected chi connectivity index (χ1v) is 10.4. The highest BCUT2D eigenvalue weighted by molar-refractivity contribution is 8.00. The molecular formula is C19H16N4O3S2. The molecule has 1 aromatic carbocycles. The molecule has 1 atom stereocenters. The van der Waals surface area contributed by atoms with Crippen LogP contribution in [0, 0.1) is 6.92 Å². The number of aromatic nitrogens is 4. The Balaban J connectivity index is 1.37. The van der Waals surface area contributed by atoms with Gasteiger partial charge in [-0.1, -0.05) is 29.5 Å². The minimum Gasteiger partial charge on any atom is -0.452 e. The van der Waals surface area contributed by atoms with Gasteiger partial charge in [0.25, 0.3) is 5.89 Å². The van der Waals surface area contributed by atoms with Crippen LogP contribution >= 0.6 is 23.1 Å². The van der Waals surface area contributed by atoms with Crippen molar-refractivity contribution in [3.63, 3.8) is 0 Å². The van der Waals surface area contributed by atoms with Gasteiger partial charge in [-0.15, -0.1) is 21.5 Å². The second kappa shape index (κ2) is 8.07. The Morgan fingerprint density at radius 2 is 2.04 bits per heavy atom. The Morgan fingerprint density at radius 3 is 2.86 bits per heavy atom. The quantitative estimate of drug-likeness (QED) is 0.261. The van der Waals surface area contributed by atoms with E-state index < -0.39 is 6.10 Å². The summed E-state index contributed by atoms with van der Waals surface area (Å²) in [6.45, 7) is 3.71. The van der Waals surface area contributed by atoms with Crippen LogP contribution in [-0.2, 0) is 9.53 Å². The van der Waals surface area contributed by atoms with Gasteiger partial charge in [-0.3, -0.25) is 4.79 Å². The number of thiophene rings is 1. The van der Waals surface area contributed by atoms with Gasteiger partial charge in [-0.25, -0.2) is 9.97 Å². The molecule has 0 spiro atoms. The number of nitrogens with zero attached hydrogens (tertiary/aromatic N) is 4. The van der Waals surface area contributed by atoms with E-state index in [-0.39, 0.29) is 17.6 Å². The zero-order valence-corrected chi connectivity index (χ0v) is 16.8. The van der Waals surface area contributed by atoms with Gasteiger partial charge in [0.1, 0.15) is 16.2 Å².